The maximum atomic E-state index is 11.5. The molecule has 0 aromatic heterocycles. The fourth-order valence-corrected chi connectivity index (χ4v) is 3.38. The average Bonchev–Trinajstić information content (AvgIpc) is 3.29. The van der Waals surface area contributed by atoms with Crippen LogP contribution in [-0.2, 0) is 11.3 Å². The number of carbonyl (C=O) groups is 1. The van der Waals surface area contributed by atoms with Gasteiger partial charge < -0.3 is 16.0 Å². The summed E-state index contributed by atoms with van der Waals surface area (Å²) in [4.78, 5) is 13.8. The Morgan fingerprint density at radius 3 is 2.90 bits per heavy atom. The standard InChI is InChI=1S/C16H22BrN3O/c17-13-3-6-15(12(8-13)9-19-14-4-5-14)20-7-1-2-11(10-20)16(18)21/h3,6,8,11,14,19H,1-2,4-5,7,9-10H2,(H2,18,21). The van der Waals surface area contributed by atoms with Crippen molar-refractivity contribution >= 4 is 27.5 Å². The fraction of sp³-hybridized carbons (Fsp3) is 0.562. The molecule has 21 heavy (non-hydrogen) atoms. The lowest BCUT2D eigenvalue weighted by atomic mass is 9.96. The number of carbonyl (C=O) groups excluding carboxylic acids is 1. The Hall–Kier alpha value is -1.07. The zero-order valence-corrected chi connectivity index (χ0v) is 13.7. The topological polar surface area (TPSA) is 58.4 Å². The second-order valence-electron chi connectivity index (χ2n) is 6.12. The van der Waals surface area contributed by atoms with Crippen LogP contribution in [0.5, 0.6) is 0 Å². The number of piperidine rings is 1. The van der Waals surface area contributed by atoms with Crippen molar-refractivity contribution in [2.45, 2.75) is 38.3 Å². The zero-order valence-electron chi connectivity index (χ0n) is 12.1. The van der Waals surface area contributed by atoms with Crippen molar-refractivity contribution in [1.29, 1.82) is 0 Å². The van der Waals surface area contributed by atoms with Gasteiger partial charge in [0.2, 0.25) is 5.91 Å². The van der Waals surface area contributed by atoms with Gasteiger partial charge in [-0.2, -0.15) is 0 Å². The SMILES string of the molecule is NC(=O)C1CCCN(c2ccc(Br)cc2CNC2CC2)C1. The first kappa shape index (κ1) is 14.9. The van der Waals surface area contributed by atoms with Gasteiger partial charge in [-0.25, -0.2) is 0 Å². The molecular weight excluding hydrogens is 330 g/mol. The molecule has 1 aromatic rings. The number of amides is 1. The summed E-state index contributed by atoms with van der Waals surface area (Å²) in [6.45, 7) is 2.63. The minimum atomic E-state index is -0.172. The number of primary amides is 1. The third-order valence-electron chi connectivity index (χ3n) is 4.36. The molecule has 2 fully saturated rings. The van der Waals surface area contributed by atoms with Crippen molar-refractivity contribution in [3.63, 3.8) is 0 Å². The van der Waals surface area contributed by atoms with Crippen molar-refractivity contribution in [3.8, 4) is 0 Å². The normalized spacial score (nSPS) is 22.3. The number of halogens is 1. The number of anilines is 1. The van der Waals surface area contributed by atoms with E-state index in [1.165, 1.54) is 24.1 Å². The molecule has 1 aliphatic carbocycles. The first-order chi connectivity index (χ1) is 10.1. The Labute approximate surface area is 134 Å². The number of benzene rings is 1. The van der Waals surface area contributed by atoms with Crippen molar-refractivity contribution < 1.29 is 4.79 Å². The molecule has 4 nitrogen and oxygen atoms in total. The third kappa shape index (κ3) is 3.77. The molecule has 3 rings (SSSR count). The highest BCUT2D eigenvalue weighted by Crippen LogP contribution is 2.29. The van der Waals surface area contributed by atoms with Gasteiger partial charge in [-0.3, -0.25) is 4.79 Å². The van der Waals surface area contributed by atoms with Gasteiger partial charge in [-0.15, -0.1) is 0 Å². The van der Waals surface area contributed by atoms with Crippen LogP contribution >= 0.6 is 15.9 Å². The minimum absolute atomic E-state index is 0.0216. The molecule has 1 aromatic carbocycles. The molecule has 0 radical (unpaired) electrons. The lowest BCUT2D eigenvalue weighted by molar-refractivity contribution is -0.122. The quantitative estimate of drug-likeness (QED) is 0.856. The van der Waals surface area contributed by atoms with Crippen molar-refractivity contribution in [2.24, 2.45) is 11.7 Å². The van der Waals surface area contributed by atoms with E-state index in [1.54, 1.807) is 0 Å². The van der Waals surface area contributed by atoms with Gasteiger partial charge in [-0.1, -0.05) is 15.9 Å². The number of nitrogens with one attached hydrogen (secondary N) is 1. The molecule has 1 saturated heterocycles. The largest absolute Gasteiger partial charge is 0.370 e. The molecule has 1 amide bonds. The summed E-state index contributed by atoms with van der Waals surface area (Å²) < 4.78 is 1.10. The number of hydrogen-bond donors (Lipinski definition) is 2. The molecule has 1 unspecified atom stereocenters. The monoisotopic (exact) mass is 351 g/mol. The van der Waals surface area contributed by atoms with Crippen molar-refractivity contribution in [1.82, 2.24) is 5.32 Å². The van der Waals surface area contributed by atoms with E-state index in [9.17, 15) is 4.79 Å². The Morgan fingerprint density at radius 2 is 2.19 bits per heavy atom. The van der Waals surface area contributed by atoms with Crippen molar-refractivity contribution in [2.75, 3.05) is 18.0 Å². The molecule has 2 aliphatic rings. The molecule has 1 heterocycles. The van der Waals surface area contributed by atoms with E-state index in [2.05, 4.69) is 44.3 Å². The molecule has 5 heteroatoms. The van der Waals surface area contributed by atoms with E-state index in [0.717, 1.165) is 36.9 Å². The summed E-state index contributed by atoms with van der Waals surface area (Å²) in [5.74, 6) is -0.193. The minimum Gasteiger partial charge on any atom is -0.370 e. The summed E-state index contributed by atoms with van der Waals surface area (Å²) in [5.41, 5.74) is 8.02. The Morgan fingerprint density at radius 1 is 1.38 bits per heavy atom. The van der Waals surface area contributed by atoms with Crippen LogP contribution in [-0.4, -0.2) is 25.0 Å². The van der Waals surface area contributed by atoms with Crippen molar-refractivity contribution in [3.05, 3.63) is 28.2 Å². The molecule has 0 bridgehead atoms. The lowest BCUT2D eigenvalue weighted by Gasteiger charge is -2.34. The Kier molecular flexibility index (Phi) is 4.50. The molecule has 1 saturated carbocycles. The Bertz CT molecular complexity index is 530. The van der Waals surface area contributed by atoms with Gasteiger partial charge in [-0.05, 0) is 49.4 Å². The molecule has 1 aliphatic heterocycles. The number of hydrogen-bond acceptors (Lipinski definition) is 3. The smallest absolute Gasteiger partial charge is 0.222 e. The maximum absolute atomic E-state index is 11.5. The molecular formula is C16H22BrN3O. The fourth-order valence-electron chi connectivity index (χ4n) is 2.97. The highest BCUT2D eigenvalue weighted by molar-refractivity contribution is 9.10. The molecule has 114 valence electrons. The molecule has 3 N–H and O–H groups in total. The van der Waals surface area contributed by atoms with Crippen LogP contribution in [0.4, 0.5) is 5.69 Å². The van der Waals surface area contributed by atoms with Crippen LogP contribution in [0.3, 0.4) is 0 Å². The van der Waals surface area contributed by atoms with Crippen LogP contribution in [0.15, 0.2) is 22.7 Å². The zero-order chi connectivity index (χ0) is 14.8. The van der Waals surface area contributed by atoms with E-state index in [0.29, 0.717) is 6.04 Å². The molecule has 0 spiro atoms. The van der Waals surface area contributed by atoms with Gasteiger partial charge in [0.25, 0.3) is 0 Å². The number of rotatable bonds is 5. The van der Waals surface area contributed by atoms with Crippen LogP contribution < -0.4 is 16.0 Å². The van der Waals surface area contributed by atoms with E-state index in [1.807, 2.05) is 0 Å². The summed E-state index contributed by atoms with van der Waals surface area (Å²) in [5, 5.41) is 3.57. The summed E-state index contributed by atoms with van der Waals surface area (Å²) in [7, 11) is 0. The van der Waals surface area contributed by atoms with Gasteiger partial charge >= 0.3 is 0 Å². The van der Waals surface area contributed by atoms with Gasteiger partial charge in [0, 0.05) is 35.8 Å². The van der Waals surface area contributed by atoms with Gasteiger partial charge in [0.1, 0.15) is 0 Å². The van der Waals surface area contributed by atoms with Crippen LogP contribution in [0.25, 0.3) is 0 Å². The third-order valence-corrected chi connectivity index (χ3v) is 4.86. The number of nitrogens with two attached hydrogens (primary N) is 1. The van der Waals surface area contributed by atoms with E-state index >= 15 is 0 Å². The Balaban J connectivity index is 1.77. The predicted octanol–water partition coefficient (Wildman–Crippen LogP) is 2.40. The highest BCUT2D eigenvalue weighted by Gasteiger charge is 2.26. The van der Waals surface area contributed by atoms with Gasteiger partial charge in [0.05, 0.1) is 5.92 Å². The van der Waals surface area contributed by atoms with Crippen LogP contribution in [0.2, 0.25) is 0 Å². The second-order valence-corrected chi connectivity index (χ2v) is 7.03. The summed E-state index contributed by atoms with van der Waals surface area (Å²) in [6.07, 6.45) is 4.52. The second kappa shape index (κ2) is 6.36. The van der Waals surface area contributed by atoms with E-state index in [-0.39, 0.29) is 11.8 Å². The first-order valence-electron chi connectivity index (χ1n) is 7.69. The summed E-state index contributed by atoms with van der Waals surface area (Å²) >= 11 is 3.56. The average molecular weight is 352 g/mol. The highest BCUT2D eigenvalue weighted by atomic mass is 79.9. The first-order valence-corrected chi connectivity index (χ1v) is 8.49. The van der Waals surface area contributed by atoms with E-state index in [4.69, 9.17) is 5.73 Å². The summed E-state index contributed by atoms with van der Waals surface area (Å²) in [6, 6.07) is 7.09. The maximum Gasteiger partial charge on any atom is 0.222 e. The van der Waals surface area contributed by atoms with Crippen LogP contribution in [0, 0.1) is 5.92 Å². The molecule has 1 atom stereocenters. The number of nitrogens with zero attached hydrogens (tertiary/aromatic N) is 1. The van der Waals surface area contributed by atoms with Gasteiger partial charge in [0.15, 0.2) is 0 Å². The van der Waals surface area contributed by atoms with Crippen LogP contribution in [0.1, 0.15) is 31.2 Å². The lowest BCUT2D eigenvalue weighted by Crippen LogP contribution is -2.41. The predicted molar refractivity (Wildman–Crippen MR) is 88.1 cm³/mol. The van der Waals surface area contributed by atoms with E-state index < -0.39 is 0 Å².